The molecule has 0 spiro atoms. The van der Waals surface area contributed by atoms with Gasteiger partial charge in [-0.1, -0.05) is 90.4 Å². The van der Waals surface area contributed by atoms with E-state index in [4.69, 9.17) is 9.47 Å². The Labute approximate surface area is 308 Å². The topological polar surface area (TPSA) is 99.5 Å². The van der Waals surface area contributed by atoms with E-state index in [0.29, 0.717) is 25.6 Å². The Kier molecular flexibility index (Phi) is 10.6. The van der Waals surface area contributed by atoms with E-state index in [-0.39, 0.29) is 62.8 Å². The van der Waals surface area contributed by atoms with E-state index >= 15 is 0 Å². The van der Waals surface area contributed by atoms with Gasteiger partial charge in [-0.25, -0.2) is 0 Å². The van der Waals surface area contributed by atoms with Crippen LogP contribution in [0.25, 0.3) is 0 Å². The predicted molar refractivity (Wildman–Crippen MR) is 201 cm³/mol. The molecule has 51 heavy (non-hydrogen) atoms. The summed E-state index contributed by atoms with van der Waals surface area (Å²) in [6.07, 6.45) is 8.78. The first-order valence-corrected chi connectivity index (χ1v) is 20.2. The van der Waals surface area contributed by atoms with E-state index in [1.807, 2.05) is 44.2 Å². The SMILES string of the molecule is CCN(CC)C(=O)COC(O)[C@H]1CCC2(C)[C@H]3C(O)C=C4C5C[C@@](C)(C(O)OCc6ccccc6)CC[C@]5(C)CC[C@@]4(C)[C@]3(C)CC[C@H]2C1(C)C. The second kappa shape index (κ2) is 13.8. The van der Waals surface area contributed by atoms with Crippen molar-refractivity contribution in [1.82, 2.24) is 4.90 Å². The summed E-state index contributed by atoms with van der Waals surface area (Å²) in [6.45, 7) is 22.2. The second-order valence-electron chi connectivity index (χ2n) is 19.4. The van der Waals surface area contributed by atoms with Crippen LogP contribution in [0.2, 0.25) is 0 Å². The van der Waals surface area contributed by atoms with Gasteiger partial charge in [0, 0.05) is 30.3 Å². The first kappa shape index (κ1) is 38.9. The highest BCUT2D eigenvalue weighted by Crippen LogP contribution is 2.76. The van der Waals surface area contributed by atoms with Crippen molar-refractivity contribution in [2.24, 2.45) is 56.2 Å². The van der Waals surface area contributed by atoms with Gasteiger partial charge in [0.05, 0.1) is 12.7 Å². The highest BCUT2D eigenvalue weighted by molar-refractivity contribution is 5.77. The number of rotatable bonds is 10. The van der Waals surface area contributed by atoms with Gasteiger partial charge in [-0.2, -0.15) is 0 Å². The lowest BCUT2D eigenvalue weighted by Crippen LogP contribution is -2.67. The number of hydrogen-bond donors (Lipinski definition) is 3. The van der Waals surface area contributed by atoms with Crippen LogP contribution in [0.1, 0.15) is 126 Å². The molecule has 5 aliphatic rings. The zero-order chi connectivity index (χ0) is 37.2. The van der Waals surface area contributed by atoms with E-state index in [1.165, 1.54) is 5.57 Å². The molecule has 4 fully saturated rings. The lowest BCUT2D eigenvalue weighted by Gasteiger charge is -2.72. The summed E-state index contributed by atoms with van der Waals surface area (Å²) < 4.78 is 12.1. The zero-order valence-electron chi connectivity index (χ0n) is 33.2. The van der Waals surface area contributed by atoms with Crippen molar-refractivity contribution < 1.29 is 29.6 Å². The molecular formula is C44H69NO6. The minimum absolute atomic E-state index is 0.0580. The molecule has 286 valence electrons. The molecule has 5 aliphatic carbocycles. The van der Waals surface area contributed by atoms with Crippen LogP contribution in [0.15, 0.2) is 42.0 Å². The van der Waals surface area contributed by atoms with Crippen LogP contribution in [0.5, 0.6) is 0 Å². The molecule has 7 heteroatoms. The molecule has 0 radical (unpaired) electrons. The molecule has 0 bridgehead atoms. The van der Waals surface area contributed by atoms with Gasteiger partial charge in [-0.15, -0.1) is 0 Å². The van der Waals surface area contributed by atoms with E-state index in [0.717, 1.165) is 63.4 Å². The third-order valence-electron chi connectivity index (χ3n) is 16.6. The number of aliphatic hydroxyl groups excluding tert-OH is 3. The lowest BCUT2D eigenvalue weighted by atomic mass is 9.33. The maximum Gasteiger partial charge on any atom is 0.248 e. The smallest absolute Gasteiger partial charge is 0.248 e. The lowest BCUT2D eigenvalue weighted by molar-refractivity contribution is -0.248. The number of carbonyl (C=O) groups excluding carboxylic acids is 1. The number of likely N-dealkylation sites (N-methyl/N-ethyl adjacent to an activating group) is 1. The summed E-state index contributed by atoms with van der Waals surface area (Å²) in [6, 6.07) is 10.1. The number of hydrogen-bond acceptors (Lipinski definition) is 6. The van der Waals surface area contributed by atoms with Crippen LogP contribution in [-0.2, 0) is 20.9 Å². The van der Waals surface area contributed by atoms with Crippen molar-refractivity contribution in [2.45, 2.75) is 145 Å². The van der Waals surface area contributed by atoms with Crippen LogP contribution >= 0.6 is 0 Å². The van der Waals surface area contributed by atoms with Crippen LogP contribution in [-0.4, -0.2) is 64.5 Å². The number of ether oxygens (including phenoxy) is 2. The van der Waals surface area contributed by atoms with E-state index < -0.39 is 18.7 Å². The Bertz CT molecular complexity index is 1440. The second-order valence-corrected chi connectivity index (χ2v) is 19.4. The van der Waals surface area contributed by atoms with Crippen LogP contribution in [0.4, 0.5) is 0 Å². The Hall–Kier alpha value is -1.77. The van der Waals surface area contributed by atoms with E-state index in [1.54, 1.807) is 4.90 Å². The third kappa shape index (κ3) is 6.27. The fourth-order valence-corrected chi connectivity index (χ4v) is 13.1. The highest BCUT2D eigenvalue weighted by Gasteiger charge is 2.70. The van der Waals surface area contributed by atoms with Crippen molar-refractivity contribution in [3.05, 3.63) is 47.5 Å². The molecule has 1 aromatic carbocycles. The molecule has 6 rings (SSSR count). The maximum atomic E-state index is 12.7. The van der Waals surface area contributed by atoms with Gasteiger partial charge in [0.25, 0.3) is 0 Å². The van der Waals surface area contributed by atoms with Gasteiger partial charge in [0.2, 0.25) is 5.91 Å². The van der Waals surface area contributed by atoms with Crippen LogP contribution in [0, 0.1) is 56.2 Å². The molecule has 0 aliphatic heterocycles. The quantitative estimate of drug-likeness (QED) is 0.168. The number of aliphatic hydroxyl groups is 3. The summed E-state index contributed by atoms with van der Waals surface area (Å²) in [5, 5.41) is 35.5. The minimum Gasteiger partial charge on any atom is -0.389 e. The molecular weight excluding hydrogens is 638 g/mol. The largest absolute Gasteiger partial charge is 0.389 e. The van der Waals surface area contributed by atoms with Gasteiger partial charge >= 0.3 is 0 Å². The molecule has 0 heterocycles. The summed E-state index contributed by atoms with van der Waals surface area (Å²) >= 11 is 0. The summed E-state index contributed by atoms with van der Waals surface area (Å²) in [7, 11) is 0. The van der Waals surface area contributed by atoms with Gasteiger partial charge in [0.15, 0.2) is 12.6 Å². The maximum absolute atomic E-state index is 12.7. The molecule has 4 saturated carbocycles. The summed E-state index contributed by atoms with van der Waals surface area (Å²) in [5.74, 6) is 0.511. The number of carbonyl (C=O) groups is 1. The molecule has 1 aromatic rings. The predicted octanol–water partition coefficient (Wildman–Crippen LogP) is 8.11. The van der Waals surface area contributed by atoms with Crippen molar-refractivity contribution >= 4 is 5.91 Å². The number of fused-ring (bicyclic) bond motifs is 7. The van der Waals surface area contributed by atoms with Gasteiger partial charge in [-0.05, 0) is 116 Å². The Morgan fingerprint density at radius 3 is 2.22 bits per heavy atom. The fourth-order valence-electron chi connectivity index (χ4n) is 13.1. The number of benzene rings is 1. The van der Waals surface area contributed by atoms with Crippen LogP contribution < -0.4 is 0 Å². The molecule has 5 unspecified atom stereocenters. The average molecular weight is 708 g/mol. The molecule has 1 amide bonds. The average Bonchev–Trinajstić information content (AvgIpc) is 3.08. The first-order chi connectivity index (χ1) is 23.9. The molecule has 12 atom stereocenters. The monoisotopic (exact) mass is 708 g/mol. The highest BCUT2D eigenvalue weighted by atomic mass is 16.6. The normalized spacial score (nSPS) is 42.7. The Morgan fingerprint density at radius 2 is 1.55 bits per heavy atom. The summed E-state index contributed by atoms with van der Waals surface area (Å²) in [5.41, 5.74) is 1.77. The summed E-state index contributed by atoms with van der Waals surface area (Å²) in [4.78, 5) is 14.4. The van der Waals surface area contributed by atoms with Crippen molar-refractivity contribution in [1.29, 1.82) is 0 Å². The van der Waals surface area contributed by atoms with Crippen molar-refractivity contribution in [3.63, 3.8) is 0 Å². The molecule has 0 aromatic heterocycles. The van der Waals surface area contributed by atoms with E-state index in [2.05, 4.69) is 54.5 Å². The number of allylic oxidation sites excluding steroid dienone is 1. The van der Waals surface area contributed by atoms with E-state index in [9.17, 15) is 20.1 Å². The molecule has 0 saturated heterocycles. The first-order valence-electron chi connectivity index (χ1n) is 20.2. The minimum atomic E-state index is -0.999. The molecule has 3 N–H and O–H groups in total. The zero-order valence-corrected chi connectivity index (χ0v) is 33.2. The Balaban J connectivity index is 1.24. The van der Waals surface area contributed by atoms with Crippen molar-refractivity contribution in [3.8, 4) is 0 Å². The Morgan fingerprint density at radius 1 is 0.882 bits per heavy atom. The van der Waals surface area contributed by atoms with Gasteiger partial charge < -0.3 is 29.7 Å². The van der Waals surface area contributed by atoms with Gasteiger partial charge in [0.1, 0.15) is 6.61 Å². The third-order valence-corrected chi connectivity index (χ3v) is 16.6. The van der Waals surface area contributed by atoms with Gasteiger partial charge in [-0.3, -0.25) is 4.79 Å². The standard InChI is InChI=1S/C44H69NO6/c1-10-45(11-2)35(47)28-50-37(48)30-17-19-42(7)34(39(30,3)4)18-20-44(9)36(42)33(46)25-31-32-26-41(6,22-21-40(32,5)23-24-43(31,44)8)38(49)51-27-29-15-13-12-14-16-29/h12-16,25,30,32-34,36-38,46,48-49H,10-11,17-24,26-28H2,1-9H3/t30-,32?,33?,34+,36-,37?,38?,40-,41+,42?,43-,44-/m1/s1. The number of amides is 1. The number of nitrogens with zero attached hydrogens (tertiary/aromatic N) is 1. The fraction of sp³-hybridized carbons (Fsp3) is 0.795. The molecule has 7 nitrogen and oxygen atoms in total. The van der Waals surface area contributed by atoms with Crippen molar-refractivity contribution in [2.75, 3.05) is 19.7 Å². The van der Waals surface area contributed by atoms with Crippen LogP contribution in [0.3, 0.4) is 0 Å².